The van der Waals surface area contributed by atoms with E-state index in [-0.39, 0.29) is 10.9 Å². The summed E-state index contributed by atoms with van der Waals surface area (Å²) in [5, 5.41) is 0.960. The van der Waals surface area contributed by atoms with Gasteiger partial charge in [0.1, 0.15) is 16.8 Å². The average Bonchev–Trinajstić information content (AvgIpc) is 2.87. The molecule has 3 heterocycles. The van der Waals surface area contributed by atoms with Gasteiger partial charge < -0.3 is 8.98 Å². The van der Waals surface area contributed by atoms with Gasteiger partial charge in [0.05, 0.1) is 6.33 Å². The van der Waals surface area contributed by atoms with Crippen LogP contribution < -0.4 is 5.63 Å². The molecule has 0 aliphatic heterocycles. The minimum Gasteiger partial charge on any atom is -0.423 e. The highest BCUT2D eigenvalue weighted by Crippen LogP contribution is 2.28. The highest BCUT2D eigenvalue weighted by Gasteiger charge is 2.13. The first-order chi connectivity index (χ1) is 10.6. The maximum Gasteiger partial charge on any atom is 0.336 e. The van der Waals surface area contributed by atoms with E-state index in [1.807, 2.05) is 19.2 Å². The minimum atomic E-state index is -0.377. The smallest absolute Gasteiger partial charge is 0.336 e. The Morgan fingerprint density at radius 1 is 1.18 bits per heavy atom. The van der Waals surface area contributed by atoms with Crippen LogP contribution in [0.5, 0.6) is 0 Å². The molecule has 0 saturated carbocycles. The molecule has 0 fully saturated rings. The van der Waals surface area contributed by atoms with Crippen LogP contribution in [0, 0.1) is 0 Å². The first kappa shape index (κ1) is 13.0. The molecule has 1 aromatic carbocycles. The summed E-state index contributed by atoms with van der Waals surface area (Å²) in [5.41, 5.74) is 2.95. The van der Waals surface area contributed by atoms with E-state index in [0.29, 0.717) is 22.4 Å². The van der Waals surface area contributed by atoms with E-state index in [1.54, 1.807) is 23.0 Å². The molecule has 0 saturated heterocycles. The van der Waals surface area contributed by atoms with Crippen molar-refractivity contribution in [3.63, 3.8) is 0 Å². The van der Waals surface area contributed by atoms with E-state index in [9.17, 15) is 4.79 Å². The SMILES string of the molecule is Cn1cnc2c(-c3ccc4oc(=O)ccc4c3)nc(Cl)nc21. The Labute approximate surface area is 129 Å². The largest absolute Gasteiger partial charge is 0.423 e. The normalized spacial score (nSPS) is 11.4. The molecule has 108 valence electrons. The van der Waals surface area contributed by atoms with Gasteiger partial charge in [0.15, 0.2) is 5.65 Å². The number of halogens is 1. The third-order valence-electron chi connectivity index (χ3n) is 3.43. The average molecular weight is 313 g/mol. The fourth-order valence-electron chi connectivity index (χ4n) is 2.40. The summed E-state index contributed by atoms with van der Waals surface area (Å²) in [7, 11) is 1.84. The van der Waals surface area contributed by atoms with Crippen molar-refractivity contribution in [2.24, 2.45) is 7.05 Å². The third kappa shape index (κ3) is 1.96. The topological polar surface area (TPSA) is 73.8 Å². The third-order valence-corrected chi connectivity index (χ3v) is 3.59. The second-order valence-corrected chi connectivity index (χ2v) is 5.21. The lowest BCUT2D eigenvalue weighted by atomic mass is 10.1. The van der Waals surface area contributed by atoms with Crippen molar-refractivity contribution >= 4 is 33.7 Å². The Bertz CT molecular complexity index is 1080. The second-order valence-electron chi connectivity index (χ2n) is 4.88. The highest BCUT2D eigenvalue weighted by molar-refractivity contribution is 6.28. The molecule has 0 atom stereocenters. The van der Waals surface area contributed by atoms with E-state index < -0.39 is 0 Å². The number of imidazole rings is 1. The van der Waals surface area contributed by atoms with Gasteiger partial charge in [0.25, 0.3) is 0 Å². The van der Waals surface area contributed by atoms with E-state index in [0.717, 1.165) is 10.9 Å². The highest BCUT2D eigenvalue weighted by atomic mass is 35.5. The minimum absolute atomic E-state index is 0.158. The number of nitrogens with zero attached hydrogens (tertiary/aromatic N) is 4. The molecule has 0 radical (unpaired) electrons. The predicted molar refractivity (Wildman–Crippen MR) is 82.8 cm³/mol. The molecule has 3 aromatic heterocycles. The number of benzene rings is 1. The molecule has 0 spiro atoms. The van der Waals surface area contributed by atoms with Crippen LogP contribution in [0.2, 0.25) is 5.28 Å². The van der Waals surface area contributed by atoms with Crippen LogP contribution in [0.3, 0.4) is 0 Å². The summed E-state index contributed by atoms with van der Waals surface area (Å²) in [4.78, 5) is 24.1. The van der Waals surface area contributed by atoms with Gasteiger partial charge >= 0.3 is 5.63 Å². The molecule has 0 aliphatic rings. The summed E-state index contributed by atoms with van der Waals surface area (Å²) in [5.74, 6) is 0. The van der Waals surface area contributed by atoms with Crippen molar-refractivity contribution in [3.05, 3.63) is 52.4 Å². The maximum absolute atomic E-state index is 11.2. The molecule has 22 heavy (non-hydrogen) atoms. The Morgan fingerprint density at radius 2 is 2.05 bits per heavy atom. The summed E-state index contributed by atoms with van der Waals surface area (Å²) >= 11 is 6.02. The molecule has 7 heteroatoms. The first-order valence-electron chi connectivity index (χ1n) is 6.51. The van der Waals surface area contributed by atoms with Crippen molar-refractivity contribution in [1.29, 1.82) is 0 Å². The van der Waals surface area contributed by atoms with Crippen LogP contribution >= 0.6 is 11.6 Å². The molecule has 0 N–H and O–H groups in total. The Kier molecular flexibility index (Phi) is 2.74. The molecule has 4 aromatic rings. The van der Waals surface area contributed by atoms with Gasteiger partial charge in [-0.15, -0.1) is 0 Å². The van der Waals surface area contributed by atoms with Gasteiger partial charge in [0, 0.05) is 24.1 Å². The van der Waals surface area contributed by atoms with Gasteiger partial charge in [-0.3, -0.25) is 0 Å². The number of rotatable bonds is 1. The van der Waals surface area contributed by atoms with Crippen molar-refractivity contribution < 1.29 is 4.42 Å². The monoisotopic (exact) mass is 312 g/mol. The molecule has 4 rings (SSSR count). The fraction of sp³-hybridized carbons (Fsp3) is 0.0667. The van der Waals surface area contributed by atoms with E-state index >= 15 is 0 Å². The van der Waals surface area contributed by atoms with E-state index in [1.165, 1.54) is 6.07 Å². The van der Waals surface area contributed by atoms with Crippen LogP contribution in [0.1, 0.15) is 0 Å². The van der Waals surface area contributed by atoms with Crippen molar-refractivity contribution in [3.8, 4) is 11.3 Å². The van der Waals surface area contributed by atoms with Crippen molar-refractivity contribution in [1.82, 2.24) is 19.5 Å². The first-order valence-corrected chi connectivity index (χ1v) is 6.88. The molecular weight excluding hydrogens is 304 g/mol. The van der Waals surface area contributed by atoms with Crippen LogP contribution in [-0.2, 0) is 7.05 Å². The zero-order valence-corrected chi connectivity index (χ0v) is 12.2. The van der Waals surface area contributed by atoms with Crippen LogP contribution in [0.25, 0.3) is 33.4 Å². The molecule has 0 unspecified atom stereocenters. The molecule has 0 bridgehead atoms. The van der Waals surface area contributed by atoms with Crippen LogP contribution in [0.4, 0.5) is 0 Å². The predicted octanol–water partition coefficient (Wildman–Crippen LogP) is 2.79. The quantitative estimate of drug-likeness (QED) is 0.399. The molecule has 0 amide bonds. The van der Waals surface area contributed by atoms with Crippen molar-refractivity contribution in [2.75, 3.05) is 0 Å². The lowest BCUT2D eigenvalue weighted by Gasteiger charge is -2.04. The number of hydrogen-bond acceptors (Lipinski definition) is 5. The summed E-state index contributed by atoms with van der Waals surface area (Å²) in [6.07, 6.45) is 1.67. The molecule has 6 nitrogen and oxygen atoms in total. The standard InChI is InChI=1S/C15H9ClN4O2/c1-20-7-17-13-12(18-15(16)19-14(13)20)9-2-4-10-8(6-9)3-5-11(21)22-10/h2-7H,1H3. The maximum atomic E-state index is 11.2. The van der Waals surface area contributed by atoms with Gasteiger partial charge in [0.2, 0.25) is 5.28 Å². The van der Waals surface area contributed by atoms with E-state index in [4.69, 9.17) is 16.0 Å². The van der Waals surface area contributed by atoms with Gasteiger partial charge in [-0.05, 0) is 35.9 Å². The van der Waals surface area contributed by atoms with Gasteiger partial charge in [-0.25, -0.2) is 14.8 Å². The number of fused-ring (bicyclic) bond motifs is 2. The van der Waals surface area contributed by atoms with Gasteiger partial charge in [-0.2, -0.15) is 4.98 Å². The van der Waals surface area contributed by atoms with E-state index in [2.05, 4.69) is 15.0 Å². The summed E-state index contributed by atoms with van der Waals surface area (Å²) in [6.45, 7) is 0. The molecule has 0 aliphatic carbocycles. The summed E-state index contributed by atoms with van der Waals surface area (Å²) in [6, 6.07) is 8.53. The van der Waals surface area contributed by atoms with Crippen LogP contribution in [-0.4, -0.2) is 19.5 Å². The Balaban J connectivity index is 2.02. The number of hydrogen-bond donors (Lipinski definition) is 0. The lowest BCUT2D eigenvalue weighted by Crippen LogP contribution is -1.96. The zero-order valence-electron chi connectivity index (χ0n) is 11.4. The Morgan fingerprint density at radius 3 is 2.91 bits per heavy atom. The fourth-order valence-corrected chi connectivity index (χ4v) is 2.57. The van der Waals surface area contributed by atoms with Crippen molar-refractivity contribution in [2.45, 2.75) is 0 Å². The number of aryl methyl sites for hydroxylation is 1. The van der Waals surface area contributed by atoms with Crippen LogP contribution in [0.15, 0.2) is 45.9 Å². The molecular formula is C15H9ClN4O2. The zero-order chi connectivity index (χ0) is 15.3. The van der Waals surface area contributed by atoms with Gasteiger partial charge in [-0.1, -0.05) is 0 Å². The summed E-state index contributed by atoms with van der Waals surface area (Å²) < 4.78 is 6.92. The Hall–Kier alpha value is -2.73. The number of aromatic nitrogens is 4. The second kappa shape index (κ2) is 4.64. The lowest BCUT2D eigenvalue weighted by molar-refractivity contribution is 0.561.